The number of nitrogens with one attached hydrogen (secondary N) is 1. The summed E-state index contributed by atoms with van der Waals surface area (Å²) in [5, 5.41) is 3.11. The van der Waals surface area contributed by atoms with Gasteiger partial charge in [-0.25, -0.2) is 14.8 Å². The first-order chi connectivity index (χ1) is 14.0. The Bertz CT molecular complexity index is 881. The number of benzene rings is 1. The Hall–Kier alpha value is -3.36. The Morgan fingerprint density at radius 1 is 1.10 bits per heavy atom. The molecule has 3 rings (SSSR count). The molecule has 1 N–H and O–H groups in total. The first kappa shape index (κ1) is 20.4. The molecule has 29 heavy (non-hydrogen) atoms. The fourth-order valence-corrected chi connectivity index (χ4v) is 3.07. The summed E-state index contributed by atoms with van der Waals surface area (Å²) in [6, 6.07) is 9.07. The average Bonchev–Trinajstić information content (AvgIpc) is 2.73. The molecule has 0 aliphatic carbocycles. The Balaban J connectivity index is 1.71. The normalized spacial score (nSPS) is 13.8. The van der Waals surface area contributed by atoms with E-state index in [1.807, 2.05) is 31.2 Å². The molecule has 1 fully saturated rings. The lowest BCUT2D eigenvalue weighted by molar-refractivity contribution is 0.0566. The van der Waals surface area contributed by atoms with Gasteiger partial charge in [-0.1, -0.05) is 12.1 Å². The molecule has 1 saturated heterocycles. The minimum atomic E-state index is -0.347. The second-order valence-corrected chi connectivity index (χ2v) is 6.52. The molecule has 9 heteroatoms. The molecule has 1 aromatic carbocycles. The highest BCUT2D eigenvalue weighted by molar-refractivity contribution is 5.93. The molecule has 0 unspecified atom stereocenters. The van der Waals surface area contributed by atoms with Crippen molar-refractivity contribution in [3.63, 3.8) is 0 Å². The van der Waals surface area contributed by atoms with Gasteiger partial charge < -0.3 is 24.6 Å². The fourth-order valence-electron chi connectivity index (χ4n) is 3.07. The maximum atomic E-state index is 12.9. The number of piperazine rings is 1. The number of nitrogens with zero attached hydrogens (tertiary/aromatic N) is 4. The van der Waals surface area contributed by atoms with Crippen LogP contribution >= 0.6 is 0 Å². The maximum absolute atomic E-state index is 12.9. The Morgan fingerprint density at radius 2 is 1.79 bits per heavy atom. The lowest BCUT2D eigenvalue weighted by Crippen LogP contribution is -2.50. The summed E-state index contributed by atoms with van der Waals surface area (Å²) >= 11 is 0. The minimum Gasteiger partial charge on any atom is -0.495 e. The predicted octanol–water partition coefficient (Wildman–Crippen LogP) is 2.45. The lowest BCUT2D eigenvalue weighted by Gasteiger charge is -2.33. The van der Waals surface area contributed by atoms with Crippen LogP contribution in [0.3, 0.4) is 0 Å². The summed E-state index contributed by atoms with van der Waals surface area (Å²) in [5.74, 6) is 0.783. The van der Waals surface area contributed by atoms with E-state index in [0.717, 1.165) is 0 Å². The van der Waals surface area contributed by atoms with Gasteiger partial charge >= 0.3 is 6.09 Å². The molecule has 2 heterocycles. The monoisotopic (exact) mass is 399 g/mol. The standard InChI is InChI=1S/C20H25N5O4/c1-4-29-20(27)25-11-9-24(10-12-25)18(26)16-13-14(2)21-19(23-16)22-15-7-5-6-8-17(15)28-3/h5-8,13H,4,9-12H2,1-3H3,(H,21,22,23). The zero-order chi connectivity index (χ0) is 20.8. The molecule has 154 valence electrons. The molecule has 9 nitrogen and oxygen atoms in total. The van der Waals surface area contributed by atoms with Gasteiger partial charge in [-0.15, -0.1) is 0 Å². The van der Waals surface area contributed by atoms with Crippen molar-refractivity contribution >= 4 is 23.6 Å². The van der Waals surface area contributed by atoms with Crippen molar-refractivity contribution in [3.05, 3.63) is 41.7 Å². The number of para-hydroxylation sites is 2. The Labute approximate surface area is 169 Å². The van der Waals surface area contributed by atoms with E-state index >= 15 is 0 Å². The topological polar surface area (TPSA) is 96.9 Å². The number of carbonyl (C=O) groups excluding carboxylic acids is 2. The largest absolute Gasteiger partial charge is 0.495 e. The quantitative estimate of drug-likeness (QED) is 0.825. The van der Waals surface area contributed by atoms with Crippen LogP contribution in [0.4, 0.5) is 16.4 Å². The van der Waals surface area contributed by atoms with Crippen LogP contribution < -0.4 is 10.1 Å². The van der Waals surface area contributed by atoms with Crippen molar-refractivity contribution in [2.45, 2.75) is 13.8 Å². The number of aromatic nitrogens is 2. The number of ether oxygens (including phenoxy) is 2. The van der Waals surface area contributed by atoms with Crippen molar-refractivity contribution in [1.29, 1.82) is 0 Å². The van der Waals surface area contributed by atoms with E-state index in [1.54, 1.807) is 29.9 Å². The third kappa shape index (κ3) is 4.92. The third-order valence-electron chi connectivity index (χ3n) is 4.52. The van der Waals surface area contributed by atoms with E-state index in [4.69, 9.17) is 9.47 Å². The van der Waals surface area contributed by atoms with E-state index in [9.17, 15) is 9.59 Å². The van der Waals surface area contributed by atoms with Crippen molar-refractivity contribution < 1.29 is 19.1 Å². The number of anilines is 2. The van der Waals surface area contributed by atoms with Crippen LogP contribution in [-0.4, -0.2) is 71.7 Å². The SMILES string of the molecule is CCOC(=O)N1CCN(C(=O)c2cc(C)nc(Nc3ccccc3OC)n2)CC1. The smallest absolute Gasteiger partial charge is 0.409 e. The van der Waals surface area contributed by atoms with Gasteiger partial charge in [0, 0.05) is 31.9 Å². The number of amides is 2. The molecule has 1 aliphatic rings. The first-order valence-electron chi connectivity index (χ1n) is 9.48. The molecule has 0 saturated carbocycles. The molecular formula is C20H25N5O4. The molecule has 0 radical (unpaired) electrons. The van der Waals surface area contributed by atoms with E-state index < -0.39 is 0 Å². The fraction of sp³-hybridized carbons (Fsp3) is 0.400. The van der Waals surface area contributed by atoms with Gasteiger partial charge in [0.25, 0.3) is 5.91 Å². The number of methoxy groups -OCH3 is 1. The highest BCUT2D eigenvalue weighted by Crippen LogP contribution is 2.25. The average molecular weight is 399 g/mol. The van der Waals surface area contributed by atoms with E-state index in [0.29, 0.717) is 61.6 Å². The molecular weight excluding hydrogens is 374 g/mol. The van der Waals surface area contributed by atoms with Gasteiger partial charge in [-0.05, 0) is 32.0 Å². The van der Waals surface area contributed by atoms with E-state index in [2.05, 4.69) is 15.3 Å². The van der Waals surface area contributed by atoms with E-state index in [1.165, 1.54) is 0 Å². The van der Waals surface area contributed by atoms with Crippen LogP contribution in [0.2, 0.25) is 0 Å². The summed E-state index contributed by atoms with van der Waals surface area (Å²) in [4.78, 5) is 36.8. The van der Waals surface area contributed by atoms with Gasteiger partial charge in [-0.3, -0.25) is 4.79 Å². The van der Waals surface area contributed by atoms with Crippen molar-refractivity contribution in [2.75, 3.05) is 45.2 Å². The zero-order valence-electron chi connectivity index (χ0n) is 16.8. The summed E-state index contributed by atoms with van der Waals surface area (Å²) in [6.45, 7) is 5.63. The van der Waals surface area contributed by atoms with Crippen molar-refractivity contribution in [2.24, 2.45) is 0 Å². The molecule has 1 aromatic heterocycles. The summed E-state index contributed by atoms with van der Waals surface area (Å²) < 4.78 is 10.3. The molecule has 0 spiro atoms. The summed E-state index contributed by atoms with van der Waals surface area (Å²) in [6.07, 6.45) is -0.347. The first-order valence-corrected chi connectivity index (χ1v) is 9.48. The van der Waals surface area contributed by atoms with Gasteiger partial charge in [0.2, 0.25) is 5.95 Å². The molecule has 2 amide bonds. The highest BCUT2D eigenvalue weighted by Gasteiger charge is 2.26. The minimum absolute atomic E-state index is 0.193. The van der Waals surface area contributed by atoms with Crippen molar-refractivity contribution in [1.82, 2.24) is 19.8 Å². The Kier molecular flexibility index (Phi) is 6.48. The number of hydrogen-bond acceptors (Lipinski definition) is 7. The van der Waals surface area contributed by atoms with Crippen LogP contribution in [-0.2, 0) is 4.74 Å². The highest BCUT2D eigenvalue weighted by atomic mass is 16.6. The molecule has 0 bridgehead atoms. The number of rotatable bonds is 5. The van der Waals surface area contributed by atoms with Crippen LogP contribution in [0.5, 0.6) is 5.75 Å². The van der Waals surface area contributed by atoms with Crippen LogP contribution in [0.1, 0.15) is 23.1 Å². The number of carbonyl (C=O) groups is 2. The number of hydrogen-bond donors (Lipinski definition) is 1. The second kappa shape index (κ2) is 9.22. The van der Waals surface area contributed by atoms with Crippen LogP contribution in [0.15, 0.2) is 30.3 Å². The van der Waals surface area contributed by atoms with Gasteiger partial charge in [0.05, 0.1) is 19.4 Å². The third-order valence-corrected chi connectivity index (χ3v) is 4.52. The van der Waals surface area contributed by atoms with Gasteiger partial charge in [-0.2, -0.15) is 0 Å². The molecule has 1 aliphatic heterocycles. The second-order valence-electron chi connectivity index (χ2n) is 6.52. The lowest BCUT2D eigenvalue weighted by atomic mass is 10.2. The van der Waals surface area contributed by atoms with E-state index in [-0.39, 0.29) is 12.0 Å². The summed E-state index contributed by atoms with van der Waals surface area (Å²) in [7, 11) is 1.59. The maximum Gasteiger partial charge on any atom is 0.409 e. The van der Waals surface area contributed by atoms with Gasteiger partial charge in [0.15, 0.2) is 0 Å². The van der Waals surface area contributed by atoms with Crippen LogP contribution in [0, 0.1) is 6.92 Å². The summed E-state index contributed by atoms with van der Waals surface area (Å²) in [5.41, 5.74) is 1.69. The number of aryl methyl sites for hydroxylation is 1. The van der Waals surface area contributed by atoms with Crippen molar-refractivity contribution in [3.8, 4) is 5.75 Å². The van der Waals surface area contributed by atoms with Crippen LogP contribution in [0.25, 0.3) is 0 Å². The molecule has 0 atom stereocenters. The Morgan fingerprint density at radius 3 is 2.48 bits per heavy atom. The predicted molar refractivity (Wildman–Crippen MR) is 108 cm³/mol. The molecule has 2 aromatic rings. The van der Waals surface area contributed by atoms with Gasteiger partial charge in [0.1, 0.15) is 11.4 Å². The zero-order valence-corrected chi connectivity index (χ0v) is 16.8.